The van der Waals surface area contributed by atoms with Gasteiger partial charge in [-0.25, -0.2) is 4.98 Å². The zero-order chi connectivity index (χ0) is 14.0. The monoisotopic (exact) mass is 293 g/mol. The van der Waals surface area contributed by atoms with E-state index in [9.17, 15) is 0 Å². The molecule has 0 N–H and O–H groups in total. The van der Waals surface area contributed by atoms with Crippen molar-refractivity contribution in [3.8, 4) is 0 Å². The Morgan fingerprint density at radius 1 is 1.21 bits per heavy atom. The summed E-state index contributed by atoms with van der Waals surface area (Å²) in [5.74, 6) is 0.858. The van der Waals surface area contributed by atoms with Crippen molar-refractivity contribution >= 4 is 39.0 Å². The smallest absolute Gasteiger partial charge is 0.225 e. The van der Waals surface area contributed by atoms with Gasteiger partial charge in [0.05, 0.1) is 5.39 Å². The van der Waals surface area contributed by atoms with Crippen LogP contribution in [-0.4, -0.2) is 23.1 Å². The van der Waals surface area contributed by atoms with Gasteiger partial charge >= 0.3 is 0 Å². The van der Waals surface area contributed by atoms with E-state index in [2.05, 4.69) is 41.9 Å². The Kier molecular flexibility index (Phi) is 4.22. The summed E-state index contributed by atoms with van der Waals surface area (Å²) in [7, 11) is 0. The van der Waals surface area contributed by atoms with Gasteiger partial charge < -0.3 is 4.90 Å². The van der Waals surface area contributed by atoms with Crippen molar-refractivity contribution in [1.82, 2.24) is 9.97 Å². The number of aromatic nitrogens is 2. The van der Waals surface area contributed by atoms with Crippen LogP contribution in [0.4, 0.5) is 5.82 Å². The third-order valence-corrected chi connectivity index (χ3v) is 4.25. The largest absolute Gasteiger partial charge is 0.348 e. The van der Waals surface area contributed by atoms with E-state index in [1.807, 2.05) is 12.2 Å². The first-order valence-corrected chi connectivity index (χ1v) is 7.18. The van der Waals surface area contributed by atoms with Crippen LogP contribution in [0.15, 0.2) is 25.3 Å². The summed E-state index contributed by atoms with van der Waals surface area (Å²) < 4.78 is 0. The lowest BCUT2D eigenvalue weighted by Gasteiger charge is -2.21. The third kappa shape index (κ3) is 2.65. The van der Waals surface area contributed by atoms with Crippen molar-refractivity contribution in [2.45, 2.75) is 13.8 Å². The molecule has 0 spiro atoms. The molecule has 100 valence electrons. The Morgan fingerprint density at radius 3 is 2.42 bits per heavy atom. The molecule has 0 saturated carbocycles. The topological polar surface area (TPSA) is 29.0 Å². The maximum Gasteiger partial charge on any atom is 0.225 e. The van der Waals surface area contributed by atoms with Crippen LogP contribution >= 0.6 is 22.9 Å². The second kappa shape index (κ2) is 5.72. The molecule has 0 aliphatic heterocycles. The Labute approximate surface area is 122 Å². The quantitative estimate of drug-likeness (QED) is 0.613. The van der Waals surface area contributed by atoms with E-state index >= 15 is 0 Å². The van der Waals surface area contributed by atoms with Gasteiger partial charge in [0, 0.05) is 18.0 Å². The lowest BCUT2D eigenvalue weighted by atomic mass is 10.2. The summed E-state index contributed by atoms with van der Waals surface area (Å²) in [6.45, 7) is 13.2. The molecule has 0 unspecified atom stereocenters. The van der Waals surface area contributed by atoms with E-state index in [1.165, 1.54) is 10.4 Å². The van der Waals surface area contributed by atoms with Crippen LogP contribution in [0.2, 0.25) is 5.28 Å². The van der Waals surface area contributed by atoms with Crippen molar-refractivity contribution < 1.29 is 0 Å². The fraction of sp³-hybridized carbons (Fsp3) is 0.286. The molecule has 0 aliphatic rings. The zero-order valence-electron chi connectivity index (χ0n) is 11.1. The number of rotatable bonds is 5. The predicted molar refractivity (Wildman–Crippen MR) is 84.5 cm³/mol. The van der Waals surface area contributed by atoms with Crippen LogP contribution in [0, 0.1) is 13.8 Å². The molecule has 0 fully saturated rings. The van der Waals surface area contributed by atoms with Crippen molar-refractivity contribution in [3.05, 3.63) is 41.0 Å². The average molecular weight is 294 g/mol. The molecule has 0 aromatic carbocycles. The highest BCUT2D eigenvalue weighted by atomic mass is 35.5. The molecular formula is C14H16ClN3S. The summed E-state index contributed by atoms with van der Waals surface area (Å²) in [5.41, 5.74) is 1.21. The van der Waals surface area contributed by atoms with Crippen LogP contribution in [-0.2, 0) is 0 Å². The minimum atomic E-state index is 0.280. The molecule has 19 heavy (non-hydrogen) atoms. The highest BCUT2D eigenvalue weighted by Gasteiger charge is 2.17. The maximum atomic E-state index is 6.04. The normalized spacial score (nSPS) is 10.7. The van der Waals surface area contributed by atoms with Gasteiger partial charge in [-0.1, -0.05) is 12.2 Å². The fourth-order valence-corrected chi connectivity index (χ4v) is 3.23. The van der Waals surface area contributed by atoms with Crippen LogP contribution in [0.5, 0.6) is 0 Å². The molecule has 0 bridgehead atoms. The summed E-state index contributed by atoms with van der Waals surface area (Å²) in [6.07, 6.45) is 3.69. The van der Waals surface area contributed by atoms with Crippen LogP contribution in [0.25, 0.3) is 10.2 Å². The molecule has 0 radical (unpaired) electrons. The third-order valence-electron chi connectivity index (χ3n) is 2.98. The highest BCUT2D eigenvalue weighted by molar-refractivity contribution is 7.18. The molecule has 2 aromatic heterocycles. The van der Waals surface area contributed by atoms with Crippen molar-refractivity contribution in [3.63, 3.8) is 0 Å². The minimum Gasteiger partial charge on any atom is -0.348 e. The number of nitrogens with zero attached hydrogens (tertiary/aromatic N) is 3. The summed E-state index contributed by atoms with van der Waals surface area (Å²) in [4.78, 5) is 13.0. The summed E-state index contributed by atoms with van der Waals surface area (Å²) in [6, 6.07) is 0. The zero-order valence-corrected chi connectivity index (χ0v) is 12.7. The van der Waals surface area contributed by atoms with Gasteiger partial charge in [0.25, 0.3) is 0 Å². The first-order chi connectivity index (χ1) is 9.08. The summed E-state index contributed by atoms with van der Waals surface area (Å²) in [5, 5.41) is 1.36. The van der Waals surface area contributed by atoms with E-state index in [0.717, 1.165) is 16.0 Å². The molecule has 0 aliphatic carbocycles. The van der Waals surface area contributed by atoms with E-state index in [-0.39, 0.29) is 5.28 Å². The molecule has 0 atom stereocenters. The first kappa shape index (κ1) is 14.0. The molecule has 2 rings (SSSR count). The Balaban J connectivity index is 2.68. The van der Waals surface area contributed by atoms with Gasteiger partial charge in [-0.2, -0.15) is 4.98 Å². The molecule has 2 heterocycles. The van der Waals surface area contributed by atoms with E-state index in [1.54, 1.807) is 11.3 Å². The number of anilines is 1. The Bertz CT molecular complexity index is 623. The SMILES string of the molecule is C=CCN(CC=C)c1nc(Cl)nc2sc(C)c(C)c12. The maximum absolute atomic E-state index is 6.04. The van der Waals surface area contributed by atoms with Crippen LogP contribution in [0.3, 0.4) is 0 Å². The lowest BCUT2D eigenvalue weighted by molar-refractivity contribution is 0.928. The highest BCUT2D eigenvalue weighted by Crippen LogP contribution is 2.35. The minimum absolute atomic E-state index is 0.280. The molecule has 3 nitrogen and oxygen atoms in total. The Hall–Kier alpha value is -1.39. The van der Waals surface area contributed by atoms with Gasteiger partial charge in [0.1, 0.15) is 10.6 Å². The van der Waals surface area contributed by atoms with Gasteiger partial charge in [-0.15, -0.1) is 24.5 Å². The van der Waals surface area contributed by atoms with E-state index in [0.29, 0.717) is 13.1 Å². The number of aryl methyl sites for hydroxylation is 2. The molecule has 2 aromatic rings. The standard InChI is InChI=1S/C14H16ClN3S/c1-5-7-18(8-6-2)12-11-9(3)10(4)19-13(11)17-14(15)16-12/h5-6H,1-2,7-8H2,3-4H3. The molecule has 0 amide bonds. The second-order valence-corrected chi connectivity index (χ2v) is 5.80. The van der Waals surface area contributed by atoms with Crippen molar-refractivity contribution in [2.75, 3.05) is 18.0 Å². The number of hydrogen-bond acceptors (Lipinski definition) is 4. The number of halogens is 1. The van der Waals surface area contributed by atoms with Gasteiger partial charge in [-0.3, -0.25) is 0 Å². The van der Waals surface area contributed by atoms with Crippen molar-refractivity contribution in [2.24, 2.45) is 0 Å². The Morgan fingerprint density at radius 2 is 1.84 bits per heavy atom. The van der Waals surface area contributed by atoms with Gasteiger partial charge in [-0.05, 0) is 31.0 Å². The second-order valence-electron chi connectivity index (χ2n) is 4.26. The van der Waals surface area contributed by atoms with E-state index < -0.39 is 0 Å². The average Bonchev–Trinajstić information content (AvgIpc) is 2.64. The predicted octanol–water partition coefficient (Wildman–Crippen LogP) is 4.14. The van der Waals surface area contributed by atoms with Crippen molar-refractivity contribution in [1.29, 1.82) is 0 Å². The fourth-order valence-electron chi connectivity index (χ4n) is 1.99. The van der Waals surface area contributed by atoms with Crippen LogP contribution in [0.1, 0.15) is 10.4 Å². The summed E-state index contributed by atoms with van der Waals surface area (Å²) >= 11 is 7.68. The lowest BCUT2D eigenvalue weighted by Crippen LogP contribution is -2.24. The molecule has 5 heteroatoms. The van der Waals surface area contributed by atoms with E-state index in [4.69, 9.17) is 11.6 Å². The van der Waals surface area contributed by atoms with Crippen LogP contribution < -0.4 is 4.90 Å². The molecule has 0 saturated heterocycles. The number of hydrogen-bond donors (Lipinski definition) is 0. The molecular weight excluding hydrogens is 278 g/mol. The number of fused-ring (bicyclic) bond motifs is 1. The van der Waals surface area contributed by atoms with Gasteiger partial charge in [0.2, 0.25) is 5.28 Å². The number of thiophene rings is 1. The van der Waals surface area contributed by atoms with Gasteiger partial charge in [0.15, 0.2) is 0 Å². The first-order valence-electron chi connectivity index (χ1n) is 5.98.